The Balaban J connectivity index is 2.28. The summed E-state index contributed by atoms with van der Waals surface area (Å²) in [6.45, 7) is 0. The molecule has 2 rings (SSSR count). The van der Waals surface area contributed by atoms with Gasteiger partial charge in [-0.15, -0.1) is 0 Å². The predicted octanol–water partition coefficient (Wildman–Crippen LogP) is 3.68. The number of halogens is 4. The number of aliphatic hydroxyl groups excluding tert-OH is 1. The van der Waals surface area contributed by atoms with E-state index in [-0.39, 0.29) is 5.76 Å². The Bertz CT molecular complexity index is 528. The third-order valence-corrected chi connectivity index (χ3v) is 2.34. The molecule has 0 amide bonds. The summed E-state index contributed by atoms with van der Waals surface area (Å²) in [6, 6.07) is 7.40. The summed E-state index contributed by atoms with van der Waals surface area (Å²) < 4.78 is 54.3. The summed E-state index contributed by atoms with van der Waals surface area (Å²) in [5.74, 6) is -0.920. The van der Waals surface area contributed by atoms with Gasteiger partial charge in [-0.1, -0.05) is 0 Å². The van der Waals surface area contributed by atoms with Crippen molar-refractivity contribution in [1.82, 2.24) is 0 Å². The average molecular weight is 260 g/mol. The zero-order valence-corrected chi connectivity index (χ0v) is 8.91. The first kappa shape index (κ1) is 12.6. The van der Waals surface area contributed by atoms with Gasteiger partial charge < -0.3 is 9.52 Å². The first-order valence-electron chi connectivity index (χ1n) is 4.98. The molecule has 0 aliphatic rings. The van der Waals surface area contributed by atoms with Crippen molar-refractivity contribution in [2.24, 2.45) is 0 Å². The topological polar surface area (TPSA) is 33.4 Å². The Hall–Kier alpha value is -1.82. The normalized spacial score (nSPS) is 13.6. The van der Waals surface area contributed by atoms with Crippen molar-refractivity contribution in [3.05, 3.63) is 48.0 Å². The molecule has 0 bridgehead atoms. The number of furan rings is 1. The van der Waals surface area contributed by atoms with Gasteiger partial charge in [0.25, 0.3) is 0 Å². The van der Waals surface area contributed by atoms with Crippen LogP contribution in [-0.2, 0) is 0 Å². The van der Waals surface area contributed by atoms with E-state index >= 15 is 0 Å². The molecule has 1 atom stereocenters. The molecule has 2 aromatic rings. The Kier molecular flexibility index (Phi) is 3.13. The molecule has 0 spiro atoms. The Morgan fingerprint density at radius 1 is 1.00 bits per heavy atom. The van der Waals surface area contributed by atoms with Crippen LogP contribution in [0.25, 0.3) is 11.3 Å². The molecule has 0 saturated heterocycles. The third-order valence-electron chi connectivity index (χ3n) is 2.34. The van der Waals surface area contributed by atoms with E-state index in [1.807, 2.05) is 0 Å². The molecule has 0 unspecified atom stereocenters. The maximum absolute atomic E-state index is 12.7. The van der Waals surface area contributed by atoms with Gasteiger partial charge in [0.2, 0.25) is 6.10 Å². The molecule has 6 heteroatoms. The van der Waals surface area contributed by atoms with Gasteiger partial charge in [-0.25, -0.2) is 4.39 Å². The van der Waals surface area contributed by atoms with Crippen LogP contribution in [0.5, 0.6) is 0 Å². The van der Waals surface area contributed by atoms with Crippen molar-refractivity contribution in [1.29, 1.82) is 0 Å². The average Bonchev–Trinajstić information content (AvgIpc) is 2.77. The van der Waals surface area contributed by atoms with Crippen LogP contribution in [0.4, 0.5) is 17.6 Å². The Morgan fingerprint density at radius 3 is 2.17 bits per heavy atom. The highest BCUT2D eigenvalue weighted by Gasteiger charge is 2.41. The minimum atomic E-state index is -4.78. The van der Waals surface area contributed by atoms with Gasteiger partial charge in [-0.3, -0.25) is 0 Å². The van der Waals surface area contributed by atoms with Crippen molar-refractivity contribution >= 4 is 0 Å². The summed E-state index contributed by atoms with van der Waals surface area (Å²) in [5.41, 5.74) is 0.428. The Morgan fingerprint density at radius 2 is 1.61 bits per heavy atom. The van der Waals surface area contributed by atoms with Gasteiger partial charge in [0, 0.05) is 5.56 Å². The van der Waals surface area contributed by atoms with Crippen molar-refractivity contribution in [3.63, 3.8) is 0 Å². The monoisotopic (exact) mass is 260 g/mol. The van der Waals surface area contributed by atoms with E-state index in [2.05, 4.69) is 0 Å². The lowest BCUT2D eigenvalue weighted by atomic mass is 10.2. The smallest absolute Gasteiger partial charge is 0.421 e. The second-order valence-electron chi connectivity index (χ2n) is 3.65. The fraction of sp³-hybridized carbons (Fsp3) is 0.167. The van der Waals surface area contributed by atoms with E-state index in [4.69, 9.17) is 9.52 Å². The molecule has 1 heterocycles. The molecule has 18 heavy (non-hydrogen) atoms. The third kappa shape index (κ3) is 2.53. The molecule has 1 aromatic heterocycles. The minimum Gasteiger partial charge on any atom is -0.458 e. The van der Waals surface area contributed by atoms with Crippen LogP contribution in [0.15, 0.2) is 40.8 Å². The van der Waals surface area contributed by atoms with Crippen LogP contribution < -0.4 is 0 Å². The molecule has 0 aliphatic carbocycles. The predicted molar refractivity (Wildman–Crippen MR) is 55.1 cm³/mol. The van der Waals surface area contributed by atoms with Gasteiger partial charge in [0.05, 0.1) is 0 Å². The van der Waals surface area contributed by atoms with E-state index in [0.717, 1.165) is 18.2 Å². The van der Waals surface area contributed by atoms with E-state index in [0.29, 0.717) is 5.56 Å². The lowest BCUT2D eigenvalue weighted by Crippen LogP contribution is -2.19. The summed E-state index contributed by atoms with van der Waals surface area (Å²) in [5, 5.41) is 8.98. The first-order chi connectivity index (χ1) is 8.38. The van der Waals surface area contributed by atoms with Crippen molar-refractivity contribution in [3.8, 4) is 11.3 Å². The van der Waals surface area contributed by atoms with Crippen LogP contribution in [-0.4, -0.2) is 11.3 Å². The summed E-state index contributed by atoms with van der Waals surface area (Å²) in [7, 11) is 0. The van der Waals surface area contributed by atoms with Gasteiger partial charge in [0.1, 0.15) is 17.3 Å². The molecule has 1 aromatic carbocycles. The summed E-state index contributed by atoms with van der Waals surface area (Å²) in [4.78, 5) is 0. The number of hydrogen-bond acceptors (Lipinski definition) is 2. The highest BCUT2D eigenvalue weighted by molar-refractivity contribution is 5.57. The number of benzene rings is 1. The van der Waals surface area contributed by atoms with E-state index < -0.39 is 23.9 Å². The van der Waals surface area contributed by atoms with Gasteiger partial charge in [-0.2, -0.15) is 13.2 Å². The second-order valence-corrected chi connectivity index (χ2v) is 3.65. The van der Waals surface area contributed by atoms with Crippen LogP contribution >= 0.6 is 0 Å². The van der Waals surface area contributed by atoms with Crippen LogP contribution in [0.3, 0.4) is 0 Å². The summed E-state index contributed by atoms with van der Waals surface area (Å²) >= 11 is 0. The van der Waals surface area contributed by atoms with E-state index in [1.54, 1.807) is 0 Å². The van der Waals surface area contributed by atoms with Crippen molar-refractivity contribution in [2.45, 2.75) is 12.3 Å². The molecule has 1 N–H and O–H groups in total. The quantitative estimate of drug-likeness (QED) is 0.835. The molecule has 0 aliphatic heterocycles. The second kappa shape index (κ2) is 4.45. The largest absolute Gasteiger partial charge is 0.458 e. The van der Waals surface area contributed by atoms with Crippen LogP contribution in [0.2, 0.25) is 0 Å². The van der Waals surface area contributed by atoms with Crippen LogP contribution in [0.1, 0.15) is 11.9 Å². The van der Waals surface area contributed by atoms with Crippen LogP contribution in [0, 0.1) is 5.82 Å². The molecule has 0 radical (unpaired) electrons. The number of rotatable bonds is 2. The molecular weight excluding hydrogens is 252 g/mol. The van der Waals surface area contributed by atoms with Gasteiger partial charge in [0.15, 0.2) is 0 Å². The molecule has 96 valence electrons. The zero-order chi connectivity index (χ0) is 13.3. The van der Waals surface area contributed by atoms with E-state index in [9.17, 15) is 17.6 Å². The van der Waals surface area contributed by atoms with Crippen molar-refractivity contribution < 1.29 is 27.1 Å². The zero-order valence-electron chi connectivity index (χ0n) is 8.91. The van der Waals surface area contributed by atoms with Gasteiger partial charge in [-0.05, 0) is 36.4 Å². The maximum Gasteiger partial charge on any atom is 0.421 e. The number of aliphatic hydroxyl groups is 1. The SMILES string of the molecule is O[C@@H](c1ccc(-c2ccc(F)cc2)o1)C(F)(F)F. The first-order valence-corrected chi connectivity index (χ1v) is 4.98. The number of hydrogen-bond donors (Lipinski definition) is 1. The Labute approximate surface area is 99.5 Å². The van der Waals surface area contributed by atoms with Crippen molar-refractivity contribution in [2.75, 3.05) is 0 Å². The molecule has 2 nitrogen and oxygen atoms in total. The van der Waals surface area contributed by atoms with E-state index in [1.165, 1.54) is 18.2 Å². The van der Waals surface area contributed by atoms with Gasteiger partial charge >= 0.3 is 6.18 Å². The lowest BCUT2D eigenvalue weighted by molar-refractivity contribution is -0.211. The standard InChI is InChI=1S/C12H8F4O2/c13-8-3-1-7(2-4-8)9-5-6-10(18-9)11(17)12(14,15)16/h1-6,11,17H/t11-/m0/s1. The minimum absolute atomic E-state index is 0.133. The molecule has 0 fully saturated rings. The lowest BCUT2D eigenvalue weighted by Gasteiger charge is -2.11. The highest BCUT2D eigenvalue weighted by atomic mass is 19.4. The maximum atomic E-state index is 12.7. The highest BCUT2D eigenvalue weighted by Crippen LogP contribution is 2.35. The fourth-order valence-electron chi connectivity index (χ4n) is 1.43. The molecular formula is C12H8F4O2. The number of alkyl halides is 3. The molecule has 0 saturated carbocycles. The summed E-state index contributed by atoms with van der Waals surface area (Å²) in [6.07, 6.45) is -7.44. The fourth-order valence-corrected chi connectivity index (χ4v) is 1.43.